The van der Waals surface area contributed by atoms with Gasteiger partial charge >= 0.3 is 6.18 Å². The number of benzene rings is 1. The molecule has 1 spiro atoms. The van der Waals surface area contributed by atoms with Crippen LogP contribution >= 0.6 is 0 Å². The summed E-state index contributed by atoms with van der Waals surface area (Å²) in [6, 6.07) is 10.9. The predicted molar refractivity (Wildman–Crippen MR) is 144 cm³/mol. The van der Waals surface area contributed by atoms with Crippen molar-refractivity contribution in [1.29, 1.82) is 0 Å². The van der Waals surface area contributed by atoms with Crippen molar-refractivity contribution in [1.82, 2.24) is 19.1 Å². The summed E-state index contributed by atoms with van der Waals surface area (Å²) in [6.45, 7) is 1.55. The van der Waals surface area contributed by atoms with Crippen LogP contribution in [0.25, 0.3) is 11.8 Å². The van der Waals surface area contributed by atoms with E-state index < -0.39 is 34.6 Å². The molecule has 2 fully saturated rings. The molecule has 2 unspecified atom stereocenters. The molecule has 0 radical (unpaired) electrons. The van der Waals surface area contributed by atoms with E-state index in [4.69, 9.17) is 0 Å². The molecule has 1 aromatic carbocycles. The summed E-state index contributed by atoms with van der Waals surface area (Å²) in [5.41, 5.74) is 3.50. The Morgan fingerprint density at radius 2 is 1.95 bits per heavy atom. The van der Waals surface area contributed by atoms with Gasteiger partial charge in [0, 0.05) is 19.3 Å². The molecule has 12 heteroatoms. The molecule has 3 aromatic rings. The second-order valence-corrected chi connectivity index (χ2v) is 13.6. The maximum absolute atomic E-state index is 13.5. The number of fused-ring (bicyclic) bond motifs is 3. The lowest BCUT2D eigenvalue weighted by Gasteiger charge is -2.38. The van der Waals surface area contributed by atoms with Crippen LogP contribution in [0.5, 0.6) is 0 Å². The topological polar surface area (TPSA) is 88.3 Å². The molecular formula is C29H30F4N4O3S. The molecule has 2 aromatic heterocycles. The molecule has 41 heavy (non-hydrogen) atoms. The summed E-state index contributed by atoms with van der Waals surface area (Å²) in [6.07, 6.45) is 2.00. The van der Waals surface area contributed by atoms with Crippen LogP contribution in [0.2, 0.25) is 0 Å². The van der Waals surface area contributed by atoms with E-state index in [2.05, 4.69) is 23.1 Å². The summed E-state index contributed by atoms with van der Waals surface area (Å²) in [4.78, 5) is 4.04. The van der Waals surface area contributed by atoms with Crippen LogP contribution in [-0.4, -0.2) is 57.6 Å². The minimum absolute atomic E-state index is 0.104. The van der Waals surface area contributed by atoms with Gasteiger partial charge in [-0.2, -0.15) is 22.6 Å². The fourth-order valence-electron chi connectivity index (χ4n) is 7.07. The van der Waals surface area contributed by atoms with E-state index in [9.17, 15) is 31.1 Å². The van der Waals surface area contributed by atoms with E-state index in [0.29, 0.717) is 12.8 Å². The van der Waals surface area contributed by atoms with Crippen molar-refractivity contribution < 1.29 is 31.1 Å². The smallest absolute Gasteiger partial charge is 0.385 e. The van der Waals surface area contributed by atoms with Gasteiger partial charge < -0.3 is 5.11 Å². The average Bonchev–Trinajstić information content (AvgIpc) is 3.36. The molecule has 0 aliphatic heterocycles. The van der Waals surface area contributed by atoms with E-state index in [1.165, 1.54) is 30.0 Å². The number of aromatic nitrogens is 3. The summed E-state index contributed by atoms with van der Waals surface area (Å²) in [5, 5.41) is 15.3. The average molecular weight is 591 g/mol. The Labute approximate surface area is 235 Å². The van der Waals surface area contributed by atoms with Crippen molar-refractivity contribution in [3.8, 4) is 5.69 Å². The molecule has 3 aliphatic rings. The van der Waals surface area contributed by atoms with Crippen LogP contribution in [-0.2, 0) is 16.4 Å². The Bertz CT molecular complexity index is 1590. The van der Waals surface area contributed by atoms with Gasteiger partial charge in [-0.25, -0.2) is 17.5 Å². The van der Waals surface area contributed by atoms with Crippen LogP contribution in [0.4, 0.5) is 17.6 Å². The molecule has 3 aliphatic carbocycles. The molecule has 2 saturated carbocycles. The SMILES string of the molecule is C[C@]12Cc3cnn(-c4ccc(F)cc4)c3C=C1CC[C@@]21CC1CN(CC(O)c1ccccn1)S(=O)(=O)CC(F)(F)F. The highest BCUT2D eigenvalue weighted by Crippen LogP contribution is 2.75. The van der Waals surface area contributed by atoms with Gasteiger partial charge in [0.1, 0.15) is 11.9 Å². The predicted octanol–water partition coefficient (Wildman–Crippen LogP) is 5.08. The second kappa shape index (κ2) is 9.74. The zero-order chi connectivity index (χ0) is 29.2. The first kappa shape index (κ1) is 28.0. The van der Waals surface area contributed by atoms with Gasteiger partial charge in [0.2, 0.25) is 10.0 Å². The Kier molecular flexibility index (Phi) is 6.66. The Morgan fingerprint density at radius 3 is 2.63 bits per heavy atom. The lowest BCUT2D eigenvalue weighted by molar-refractivity contribution is -0.107. The quantitative estimate of drug-likeness (QED) is 0.370. The molecule has 4 atom stereocenters. The maximum atomic E-state index is 13.5. The Hall–Kier alpha value is -3.09. The fraction of sp³-hybridized carbons (Fsp3) is 0.448. The highest BCUT2D eigenvalue weighted by atomic mass is 32.2. The molecule has 0 saturated heterocycles. The lowest BCUT2D eigenvalue weighted by Crippen LogP contribution is -2.42. The van der Waals surface area contributed by atoms with Gasteiger partial charge in [-0.1, -0.05) is 18.6 Å². The van der Waals surface area contributed by atoms with E-state index in [1.807, 2.05) is 0 Å². The van der Waals surface area contributed by atoms with Gasteiger partial charge in [0.15, 0.2) is 5.75 Å². The highest BCUT2D eigenvalue weighted by molar-refractivity contribution is 7.89. The van der Waals surface area contributed by atoms with Crippen molar-refractivity contribution in [3.63, 3.8) is 0 Å². The Balaban J connectivity index is 1.26. The molecule has 2 heterocycles. The number of rotatable bonds is 8. The number of halogens is 4. The van der Waals surface area contributed by atoms with Gasteiger partial charge in [0.25, 0.3) is 0 Å². The third-order valence-electron chi connectivity index (χ3n) is 9.26. The molecule has 218 valence electrons. The first-order valence-corrected chi connectivity index (χ1v) is 15.1. The normalized spacial score (nSPS) is 26.1. The van der Waals surface area contributed by atoms with Crippen molar-refractivity contribution in [2.75, 3.05) is 18.8 Å². The monoisotopic (exact) mass is 590 g/mol. The molecule has 6 rings (SSSR count). The number of nitrogens with zero attached hydrogens (tertiary/aromatic N) is 4. The van der Waals surface area contributed by atoms with Gasteiger partial charge in [-0.3, -0.25) is 4.98 Å². The summed E-state index contributed by atoms with van der Waals surface area (Å²) >= 11 is 0. The second-order valence-electron chi connectivity index (χ2n) is 11.6. The van der Waals surface area contributed by atoms with Gasteiger partial charge in [-0.15, -0.1) is 0 Å². The minimum atomic E-state index is -4.91. The van der Waals surface area contributed by atoms with Gasteiger partial charge in [-0.05, 0) is 90.5 Å². The zero-order valence-electron chi connectivity index (χ0n) is 22.4. The van der Waals surface area contributed by atoms with Crippen molar-refractivity contribution >= 4 is 16.1 Å². The number of hydrogen-bond acceptors (Lipinski definition) is 5. The summed E-state index contributed by atoms with van der Waals surface area (Å²) in [7, 11) is -4.75. The number of aliphatic hydroxyl groups is 1. The van der Waals surface area contributed by atoms with Crippen molar-refractivity contribution in [2.24, 2.45) is 16.7 Å². The molecule has 0 bridgehead atoms. The largest absolute Gasteiger partial charge is 0.404 e. The first-order valence-electron chi connectivity index (χ1n) is 13.5. The number of hydrogen-bond donors (Lipinski definition) is 1. The lowest BCUT2D eigenvalue weighted by atomic mass is 9.67. The van der Waals surface area contributed by atoms with Crippen molar-refractivity contribution in [2.45, 2.75) is 44.9 Å². The third-order valence-corrected chi connectivity index (χ3v) is 11.0. The number of pyridine rings is 1. The fourth-order valence-corrected chi connectivity index (χ4v) is 8.44. The highest BCUT2D eigenvalue weighted by Gasteiger charge is 2.68. The Morgan fingerprint density at radius 1 is 1.20 bits per heavy atom. The first-order chi connectivity index (χ1) is 19.3. The summed E-state index contributed by atoms with van der Waals surface area (Å²) < 4.78 is 81.9. The van der Waals surface area contributed by atoms with E-state index in [0.717, 1.165) is 34.1 Å². The summed E-state index contributed by atoms with van der Waals surface area (Å²) in [5.74, 6) is -2.48. The van der Waals surface area contributed by atoms with Crippen LogP contribution in [0.3, 0.4) is 0 Å². The number of aliphatic hydroxyl groups excluding tert-OH is 1. The number of sulfonamides is 1. The number of allylic oxidation sites excluding steroid dienone is 1. The number of alkyl halides is 3. The third kappa shape index (κ3) is 4.99. The van der Waals surface area contributed by atoms with E-state index in [1.54, 1.807) is 35.1 Å². The van der Waals surface area contributed by atoms with Crippen LogP contribution in [0.15, 0.2) is 60.4 Å². The maximum Gasteiger partial charge on any atom is 0.404 e. The zero-order valence-corrected chi connectivity index (χ0v) is 23.2. The van der Waals surface area contributed by atoms with Crippen LogP contribution < -0.4 is 0 Å². The van der Waals surface area contributed by atoms with Crippen LogP contribution in [0, 0.1) is 22.6 Å². The van der Waals surface area contributed by atoms with Crippen molar-refractivity contribution in [3.05, 3.63) is 83.2 Å². The van der Waals surface area contributed by atoms with Gasteiger partial charge in [0.05, 0.1) is 23.3 Å². The van der Waals surface area contributed by atoms with E-state index >= 15 is 0 Å². The molecular weight excluding hydrogens is 560 g/mol. The molecule has 1 N–H and O–H groups in total. The minimum Gasteiger partial charge on any atom is -0.385 e. The molecule has 7 nitrogen and oxygen atoms in total. The van der Waals surface area contributed by atoms with Crippen LogP contribution in [0.1, 0.15) is 49.2 Å². The van der Waals surface area contributed by atoms with E-state index in [-0.39, 0.29) is 34.8 Å². The standard InChI is InChI=1S/C29H30F4N4O3S/c1-27-13-19-15-35-37(23-7-5-22(30)6-8-23)25(19)12-20(27)9-10-28(27)14-21(28)16-36(41(39,40)18-29(31,32)33)17-26(38)24-4-2-3-11-34-24/h2-8,11-12,15,21,26,38H,9-10,13-14,16-18H2,1H3/t21?,26?,27-,28-/m0/s1. The molecule has 0 amide bonds.